The number of carbonyl (C=O) groups is 4. The van der Waals surface area contributed by atoms with Crippen LogP contribution in [-0.2, 0) is 19.2 Å². The van der Waals surface area contributed by atoms with E-state index >= 15 is 0 Å². The van der Waals surface area contributed by atoms with E-state index < -0.39 is 23.9 Å². The predicted molar refractivity (Wildman–Crippen MR) is 140 cm³/mol. The summed E-state index contributed by atoms with van der Waals surface area (Å²) in [6.45, 7) is 5.14. The second kappa shape index (κ2) is 9.18. The van der Waals surface area contributed by atoms with Gasteiger partial charge in [-0.1, -0.05) is 48.5 Å². The predicted octanol–water partition coefficient (Wildman–Crippen LogP) is 6.06. The number of ether oxygens (including phenoxy) is 4. The number of esters is 4. The molecule has 0 N–H and O–H groups in total. The molecule has 0 atom stereocenters. The van der Waals surface area contributed by atoms with Gasteiger partial charge in [0, 0.05) is 49.2 Å². The Hall–Kier alpha value is -4.50. The molecule has 4 aromatic carbocycles. The first-order valence-corrected chi connectivity index (χ1v) is 12.1. The molecule has 0 spiro atoms. The minimum atomic E-state index is -0.568. The van der Waals surface area contributed by atoms with Gasteiger partial charge in [-0.15, -0.1) is 11.3 Å². The number of hydrogen-bond donors (Lipinski definition) is 0. The highest BCUT2D eigenvalue weighted by Gasteiger charge is 2.29. The molecule has 0 fully saturated rings. The van der Waals surface area contributed by atoms with E-state index in [-0.39, 0.29) is 23.0 Å². The van der Waals surface area contributed by atoms with Crippen molar-refractivity contribution in [2.45, 2.75) is 27.7 Å². The van der Waals surface area contributed by atoms with Crippen LogP contribution in [0.15, 0.2) is 48.5 Å². The summed E-state index contributed by atoms with van der Waals surface area (Å²) in [5.41, 5.74) is 0. The monoisotopic (exact) mass is 516 g/mol. The first kappa shape index (κ1) is 24.2. The molecule has 37 heavy (non-hydrogen) atoms. The summed E-state index contributed by atoms with van der Waals surface area (Å²) < 4.78 is 23.8. The molecular weight excluding hydrogens is 496 g/mol. The Bertz CT molecular complexity index is 1670. The number of thiophene rings is 1. The van der Waals surface area contributed by atoms with Gasteiger partial charge in [-0.3, -0.25) is 19.2 Å². The lowest BCUT2D eigenvalue weighted by Crippen LogP contribution is -2.06. The van der Waals surface area contributed by atoms with Crippen molar-refractivity contribution in [3.05, 3.63) is 48.5 Å². The fraction of sp³-hybridized carbons (Fsp3) is 0.143. The van der Waals surface area contributed by atoms with E-state index in [4.69, 9.17) is 18.9 Å². The maximum Gasteiger partial charge on any atom is 0.308 e. The summed E-state index contributed by atoms with van der Waals surface area (Å²) in [4.78, 5) is 48.8. The maximum atomic E-state index is 12.2. The summed E-state index contributed by atoms with van der Waals surface area (Å²) in [6.07, 6.45) is 0. The van der Waals surface area contributed by atoms with Gasteiger partial charge in [-0.05, 0) is 0 Å². The van der Waals surface area contributed by atoms with Crippen molar-refractivity contribution in [3.63, 3.8) is 0 Å². The standard InChI is InChI=1S/C28H20O8S/c1-13(29)33-23-17-9-5-7-11-19(17)25(35-15(3)31)27-21(23)22-24(34-14(2)30)18-10-6-8-12-20(18)26(28(22)37-27)36-16(4)32/h5-12H,1-4H3. The Balaban J connectivity index is 2.14. The van der Waals surface area contributed by atoms with Crippen LogP contribution < -0.4 is 18.9 Å². The van der Waals surface area contributed by atoms with Crippen LogP contribution in [-0.4, -0.2) is 23.9 Å². The average molecular weight is 517 g/mol. The van der Waals surface area contributed by atoms with E-state index in [1.54, 1.807) is 48.5 Å². The van der Waals surface area contributed by atoms with E-state index in [2.05, 4.69) is 0 Å². The number of hydrogen-bond acceptors (Lipinski definition) is 9. The molecule has 0 aliphatic carbocycles. The Morgan fingerprint density at radius 3 is 1.05 bits per heavy atom. The molecule has 1 heterocycles. The molecule has 8 nitrogen and oxygen atoms in total. The summed E-state index contributed by atoms with van der Waals surface area (Å²) in [6, 6.07) is 14.1. The number of rotatable bonds is 4. The molecule has 0 aliphatic heterocycles. The van der Waals surface area contributed by atoms with Crippen LogP contribution in [0.25, 0.3) is 41.7 Å². The fourth-order valence-electron chi connectivity index (χ4n) is 4.45. The van der Waals surface area contributed by atoms with Gasteiger partial charge in [0.25, 0.3) is 0 Å². The zero-order valence-corrected chi connectivity index (χ0v) is 21.1. The van der Waals surface area contributed by atoms with E-state index in [1.165, 1.54) is 39.0 Å². The molecule has 0 unspecified atom stereocenters. The highest BCUT2D eigenvalue weighted by Crippen LogP contribution is 2.56. The molecular formula is C28H20O8S. The van der Waals surface area contributed by atoms with Gasteiger partial charge in [0.15, 0.2) is 11.5 Å². The molecule has 5 aromatic rings. The van der Waals surface area contributed by atoms with Crippen LogP contribution in [0.1, 0.15) is 27.7 Å². The van der Waals surface area contributed by atoms with Crippen molar-refractivity contribution in [1.29, 1.82) is 0 Å². The van der Waals surface area contributed by atoms with E-state index in [9.17, 15) is 19.2 Å². The lowest BCUT2D eigenvalue weighted by Gasteiger charge is -2.15. The number of benzene rings is 4. The van der Waals surface area contributed by atoms with Crippen molar-refractivity contribution in [2.24, 2.45) is 0 Å². The van der Waals surface area contributed by atoms with Gasteiger partial charge in [0.05, 0.1) is 20.2 Å². The van der Waals surface area contributed by atoms with Gasteiger partial charge in [0.1, 0.15) is 11.5 Å². The third kappa shape index (κ3) is 4.13. The highest BCUT2D eigenvalue weighted by atomic mass is 32.1. The summed E-state index contributed by atoms with van der Waals surface area (Å²) in [5.74, 6) is -1.31. The van der Waals surface area contributed by atoms with Crippen molar-refractivity contribution in [1.82, 2.24) is 0 Å². The van der Waals surface area contributed by atoms with Crippen LogP contribution in [0.2, 0.25) is 0 Å². The van der Waals surface area contributed by atoms with Gasteiger partial charge >= 0.3 is 23.9 Å². The Kier molecular flexibility index (Phi) is 6.01. The molecule has 0 aliphatic rings. The molecule has 0 saturated carbocycles. The minimum Gasteiger partial charge on any atom is -0.425 e. The van der Waals surface area contributed by atoms with E-state index in [1.807, 2.05) is 0 Å². The highest BCUT2D eigenvalue weighted by molar-refractivity contribution is 7.27. The van der Waals surface area contributed by atoms with Crippen LogP contribution in [0, 0.1) is 0 Å². The fourth-order valence-corrected chi connectivity index (χ4v) is 5.73. The van der Waals surface area contributed by atoms with Crippen LogP contribution in [0.5, 0.6) is 23.0 Å². The van der Waals surface area contributed by atoms with Crippen molar-refractivity contribution in [2.75, 3.05) is 0 Å². The van der Waals surface area contributed by atoms with Crippen LogP contribution >= 0.6 is 11.3 Å². The van der Waals surface area contributed by atoms with Crippen LogP contribution in [0.4, 0.5) is 0 Å². The third-order valence-corrected chi connectivity index (χ3v) is 6.78. The minimum absolute atomic E-state index is 0.206. The first-order chi connectivity index (χ1) is 17.7. The van der Waals surface area contributed by atoms with Crippen molar-refractivity contribution in [3.8, 4) is 23.0 Å². The molecule has 0 radical (unpaired) electrons. The normalized spacial score (nSPS) is 11.1. The largest absolute Gasteiger partial charge is 0.425 e. The van der Waals surface area contributed by atoms with E-state index in [0.29, 0.717) is 41.7 Å². The average Bonchev–Trinajstić information content (AvgIpc) is 3.23. The van der Waals surface area contributed by atoms with Crippen molar-refractivity contribution < 1.29 is 38.1 Å². The number of fused-ring (bicyclic) bond motifs is 5. The van der Waals surface area contributed by atoms with Crippen molar-refractivity contribution >= 4 is 76.9 Å². The van der Waals surface area contributed by atoms with Gasteiger partial charge in [-0.25, -0.2) is 0 Å². The molecule has 186 valence electrons. The second-order valence-electron chi connectivity index (χ2n) is 8.29. The Morgan fingerprint density at radius 2 is 0.757 bits per heavy atom. The van der Waals surface area contributed by atoms with Crippen LogP contribution in [0.3, 0.4) is 0 Å². The number of carbonyl (C=O) groups excluding carboxylic acids is 4. The first-order valence-electron chi connectivity index (χ1n) is 11.3. The van der Waals surface area contributed by atoms with Gasteiger partial charge < -0.3 is 18.9 Å². The molecule has 0 amide bonds. The third-order valence-electron chi connectivity index (χ3n) is 5.59. The zero-order chi connectivity index (χ0) is 26.4. The molecule has 5 rings (SSSR count). The summed E-state index contributed by atoms with van der Waals surface area (Å²) in [5, 5.41) is 2.89. The Labute approximate surface area is 214 Å². The zero-order valence-electron chi connectivity index (χ0n) is 20.3. The SMILES string of the molecule is CC(=O)Oc1c2ccccc2c(OC(C)=O)c2c1sc1c(OC(C)=O)c3ccccc3c(OC(C)=O)c12. The molecule has 0 saturated heterocycles. The van der Waals surface area contributed by atoms with Gasteiger partial charge in [-0.2, -0.15) is 0 Å². The molecule has 9 heteroatoms. The Morgan fingerprint density at radius 1 is 0.486 bits per heavy atom. The maximum absolute atomic E-state index is 12.2. The second-order valence-corrected chi connectivity index (χ2v) is 9.31. The lowest BCUT2D eigenvalue weighted by molar-refractivity contribution is -0.132. The summed E-state index contributed by atoms with van der Waals surface area (Å²) in [7, 11) is 0. The van der Waals surface area contributed by atoms with E-state index in [0.717, 1.165) is 0 Å². The lowest BCUT2D eigenvalue weighted by atomic mass is 9.99. The summed E-state index contributed by atoms with van der Waals surface area (Å²) >= 11 is 1.17. The van der Waals surface area contributed by atoms with Gasteiger partial charge in [0.2, 0.25) is 0 Å². The smallest absolute Gasteiger partial charge is 0.308 e. The molecule has 1 aromatic heterocycles. The quantitative estimate of drug-likeness (QED) is 0.210. The molecule has 0 bridgehead atoms. The topological polar surface area (TPSA) is 105 Å².